The van der Waals surface area contributed by atoms with E-state index in [0.29, 0.717) is 24.0 Å². The summed E-state index contributed by atoms with van der Waals surface area (Å²) in [5, 5.41) is 0.631. The Hall–Kier alpha value is -3.45. The van der Waals surface area contributed by atoms with E-state index in [1.807, 2.05) is 56.3 Å². The van der Waals surface area contributed by atoms with E-state index >= 15 is 0 Å². The molecule has 0 atom stereocenters. The van der Waals surface area contributed by atoms with Crippen LogP contribution in [0.25, 0.3) is 10.2 Å². The van der Waals surface area contributed by atoms with Gasteiger partial charge in [0, 0.05) is 6.20 Å². The van der Waals surface area contributed by atoms with Gasteiger partial charge in [-0.25, -0.2) is 4.98 Å². The van der Waals surface area contributed by atoms with Gasteiger partial charge in [-0.3, -0.25) is 14.7 Å². The second-order valence-electron chi connectivity index (χ2n) is 6.96. The third kappa shape index (κ3) is 5.19. The predicted molar refractivity (Wildman–Crippen MR) is 123 cm³/mol. The number of anilines is 1. The molecule has 4 rings (SSSR count). The normalized spacial score (nSPS) is 10.8. The number of benzene rings is 2. The maximum atomic E-state index is 13.1. The first-order chi connectivity index (χ1) is 15.1. The van der Waals surface area contributed by atoms with Crippen LogP contribution in [0.5, 0.6) is 11.5 Å². The zero-order chi connectivity index (χ0) is 21.6. The molecular weight excluding hydrogens is 410 g/mol. The van der Waals surface area contributed by atoms with Crippen LogP contribution in [0.2, 0.25) is 0 Å². The number of hydrogen-bond acceptors (Lipinski definition) is 6. The summed E-state index contributed by atoms with van der Waals surface area (Å²) in [5.41, 5.74) is 2.81. The van der Waals surface area contributed by atoms with Crippen molar-refractivity contribution in [3.05, 3.63) is 78.1 Å². The van der Waals surface area contributed by atoms with E-state index in [9.17, 15) is 4.79 Å². The van der Waals surface area contributed by atoms with Crippen LogP contribution in [0, 0.1) is 6.92 Å². The van der Waals surface area contributed by atoms with Crippen molar-refractivity contribution in [2.75, 3.05) is 18.1 Å². The predicted octanol–water partition coefficient (Wildman–Crippen LogP) is 5.01. The maximum Gasteiger partial charge on any atom is 0.267 e. The first-order valence-corrected chi connectivity index (χ1v) is 10.9. The zero-order valence-electron chi connectivity index (χ0n) is 17.4. The molecule has 1 amide bonds. The van der Waals surface area contributed by atoms with Crippen molar-refractivity contribution in [3.63, 3.8) is 0 Å². The summed E-state index contributed by atoms with van der Waals surface area (Å²) < 4.78 is 12.2. The van der Waals surface area contributed by atoms with Gasteiger partial charge >= 0.3 is 0 Å². The molecule has 0 bridgehead atoms. The lowest BCUT2D eigenvalue weighted by Crippen LogP contribution is -2.34. The Balaban J connectivity index is 1.54. The number of ether oxygens (including phenoxy) is 2. The molecule has 31 heavy (non-hydrogen) atoms. The summed E-state index contributed by atoms with van der Waals surface area (Å²) in [6.45, 7) is 4.80. The fourth-order valence-electron chi connectivity index (χ4n) is 3.07. The molecule has 0 unspecified atom stereocenters. The largest absolute Gasteiger partial charge is 0.494 e. The number of carbonyl (C=O) groups excluding carboxylic acids is 1. The highest BCUT2D eigenvalue weighted by Crippen LogP contribution is 2.30. The number of fused-ring (bicyclic) bond motifs is 1. The van der Waals surface area contributed by atoms with Gasteiger partial charge in [0.25, 0.3) is 5.91 Å². The fourth-order valence-corrected chi connectivity index (χ4v) is 4.15. The zero-order valence-corrected chi connectivity index (χ0v) is 18.3. The summed E-state index contributed by atoms with van der Waals surface area (Å²) >= 11 is 1.49. The van der Waals surface area contributed by atoms with Gasteiger partial charge < -0.3 is 9.47 Å². The second kappa shape index (κ2) is 9.57. The minimum absolute atomic E-state index is 0.101. The number of pyridine rings is 1. The van der Waals surface area contributed by atoms with Crippen LogP contribution in [0.1, 0.15) is 18.2 Å². The van der Waals surface area contributed by atoms with E-state index in [1.165, 1.54) is 11.3 Å². The van der Waals surface area contributed by atoms with Gasteiger partial charge in [0.05, 0.1) is 29.1 Å². The molecule has 0 N–H and O–H groups in total. The van der Waals surface area contributed by atoms with Crippen molar-refractivity contribution in [1.82, 2.24) is 9.97 Å². The molecule has 0 aliphatic heterocycles. The SMILES string of the molecule is CCOc1ccc(OCC(=O)N(Cc2ccccn2)c2nc3ccc(C)cc3s2)cc1. The third-order valence-electron chi connectivity index (χ3n) is 4.61. The second-order valence-corrected chi connectivity index (χ2v) is 7.97. The van der Waals surface area contributed by atoms with E-state index in [-0.39, 0.29) is 12.5 Å². The van der Waals surface area contributed by atoms with E-state index in [2.05, 4.69) is 16.0 Å². The number of aryl methyl sites for hydroxylation is 1. The molecule has 2 heterocycles. The summed E-state index contributed by atoms with van der Waals surface area (Å²) in [5.74, 6) is 1.19. The van der Waals surface area contributed by atoms with E-state index in [0.717, 1.165) is 27.2 Å². The van der Waals surface area contributed by atoms with Gasteiger partial charge in [0.1, 0.15) is 11.5 Å². The van der Waals surface area contributed by atoms with Crippen molar-refractivity contribution in [1.29, 1.82) is 0 Å². The molecule has 0 saturated heterocycles. The minimum Gasteiger partial charge on any atom is -0.494 e. The van der Waals surface area contributed by atoms with Crippen LogP contribution < -0.4 is 14.4 Å². The number of rotatable bonds is 8. The highest BCUT2D eigenvalue weighted by molar-refractivity contribution is 7.22. The van der Waals surface area contributed by atoms with Crippen LogP contribution in [-0.4, -0.2) is 29.1 Å². The first kappa shape index (κ1) is 20.8. The van der Waals surface area contributed by atoms with Crippen LogP contribution >= 0.6 is 11.3 Å². The Morgan fingerprint density at radius 2 is 1.81 bits per heavy atom. The molecule has 0 spiro atoms. The topological polar surface area (TPSA) is 64.6 Å². The van der Waals surface area contributed by atoms with Crippen molar-refractivity contribution in [3.8, 4) is 11.5 Å². The molecule has 0 aliphatic carbocycles. The lowest BCUT2D eigenvalue weighted by Gasteiger charge is -2.19. The minimum atomic E-state index is -0.185. The summed E-state index contributed by atoms with van der Waals surface area (Å²) in [6, 6.07) is 19.0. The standard InChI is InChI=1S/C24H23N3O3S/c1-3-29-19-8-10-20(11-9-19)30-16-23(28)27(15-18-6-4-5-13-25-18)24-26-21-12-7-17(2)14-22(21)31-24/h4-14H,3,15-16H2,1-2H3. The average molecular weight is 434 g/mol. The third-order valence-corrected chi connectivity index (χ3v) is 5.65. The van der Waals surface area contributed by atoms with Gasteiger partial charge in [0.15, 0.2) is 11.7 Å². The van der Waals surface area contributed by atoms with Crippen LogP contribution in [0.4, 0.5) is 5.13 Å². The van der Waals surface area contributed by atoms with Crippen LogP contribution in [0.15, 0.2) is 66.9 Å². The van der Waals surface area contributed by atoms with Crippen molar-refractivity contribution in [2.45, 2.75) is 20.4 Å². The Labute approximate surface area is 185 Å². The van der Waals surface area contributed by atoms with Gasteiger partial charge in [-0.15, -0.1) is 0 Å². The highest BCUT2D eigenvalue weighted by Gasteiger charge is 2.21. The molecule has 7 heteroatoms. The number of amides is 1. The Morgan fingerprint density at radius 1 is 1.03 bits per heavy atom. The molecule has 2 aromatic heterocycles. The lowest BCUT2D eigenvalue weighted by atomic mass is 10.2. The molecule has 0 saturated carbocycles. The molecule has 4 aromatic rings. The smallest absolute Gasteiger partial charge is 0.267 e. The van der Waals surface area contributed by atoms with E-state index in [1.54, 1.807) is 23.2 Å². The Morgan fingerprint density at radius 3 is 2.52 bits per heavy atom. The van der Waals surface area contributed by atoms with Gasteiger partial charge in [-0.05, 0) is 67.9 Å². The molecule has 0 fully saturated rings. The van der Waals surface area contributed by atoms with E-state index in [4.69, 9.17) is 9.47 Å². The first-order valence-electron chi connectivity index (χ1n) is 10.1. The average Bonchev–Trinajstić information content (AvgIpc) is 3.20. The number of aromatic nitrogens is 2. The van der Waals surface area contributed by atoms with Gasteiger partial charge in [-0.1, -0.05) is 23.5 Å². The number of carbonyl (C=O) groups is 1. The number of nitrogens with zero attached hydrogens (tertiary/aromatic N) is 3. The number of hydrogen-bond donors (Lipinski definition) is 0. The Kier molecular flexibility index (Phi) is 6.43. The van der Waals surface area contributed by atoms with Crippen molar-refractivity contribution >= 4 is 32.6 Å². The van der Waals surface area contributed by atoms with E-state index < -0.39 is 0 Å². The summed E-state index contributed by atoms with van der Waals surface area (Å²) in [6.07, 6.45) is 1.72. The van der Waals surface area contributed by atoms with Gasteiger partial charge in [0.2, 0.25) is 0 Å². The number of thiazole rings is 1. The van der Waals surface area contributed by atoms with Crippen LogP contribution in [-0.2, 0) is 11.3 Å². The van der Waals surface area contributed by atoms with Crippen molar-refractivity contribution in [2.24, 2.45) is 0 Å². The van der Waals surface area contributed by atoms with Crippen LogP contribution in [0.3, 0.4) is 0 Å². The molecule has 2 aromatic carbocycles. The summed E-state index contributed by atoms with van der Waals surface area (Å²) in [7, 11) is 0. The highest BCUT2D eigenvalue weighted by atomic mass is 32.1. The molecule has 6 nitrogen and oxygen atoms in total. The molecular formula is C24H23N3O3S. The summed E-state index contributed by atoms with van der Waals surface area (Å²) in [4.78, 5) is 23.8. The Bertz CT molecular complexity index is 1160. The molecule has 0 aliphatic rings. The lowest BCUT2D eigenvalue weighted by molar-refractivity contribution is -0.120. The van der Waals surface area contributed by atoms with Gasteiger partial charge in [-0.2, -0.15) is 0 Å². The molecule has 0 radical (unpaired) electrons. The van der Waals surface area contributed by atoms with Crippen molar-refractivity contribution < 1.29 is 14.3 Å². The monoisotopic (exact) mass is 433 g/mol. The quantitative estimate of drug-likeness (QED) is 0.391. The maximum absolute atomic E-state index is 13.1. The fraction of sp³-hybridized carbons (Fsp3) is 0.208. The molecule has 158 valence electrons.